The molecule has 3 heteroatoms. The molecule has 0 saturated carbocycles. The van der Waals surface area contributed by atoms with Gasteiger partial charge in [0, 0.05) is 11.8 Å². The summed E-state index contributed by atoms with van der Waals surface area (Å²) >= 11 is 3.45. The number of unbranched alkanes of at least 4 members (excludes halogenated alkanes) is 3. The molecule has 1 N–H and O–H groups in total. The van der Waals surface area contributed by atoms with Crippen molar-refractivity contribution in [1.29, 1.82) is 0 Å². The zero-order chi connectivity index (χ0) is 13.9. The van der Waals surface area contributed by atoms with Gasteiger partial charge in [0.05, 0.1) is 0 Å². The first-order valence-corrected chi connectivity index (χ1v) is 8.20. The van der Waals surface area contributed by atoms with Crippen LogP contribution in [0.4, 0.5) is 0 Å². The van der Waals surface area contributed by atoms with Crippen molar-refractivity contribution in [2.75, 3.05) is 5.33 Å². The summed E-state index contributed by atoms with van der Waals surface area (Å²) in [5.41, 5.74) is 2.72. The van der Waals surface area contributed by atoms with Crippen LogP contribution in [0.5, 0.6) is 0 Å². The Morgan fingerprint density at radius 3 is 2.11 bits per heavy atom. The highest BCUT2D eigenvalue weighted by Crippen LogP contribution is 2.16. The third-order valence-corrected chi connectivity index (χ3v) is 3.85. The number of aliphatic carboxylic acids is 1. The number of benzene rings is 1. The van der Waals surface area contributed by atoms with E-state index in [2.05, 4.69) is 34.1 Å². The molecule has 0 aliphatic heterocycles. The number of carbonyl (C=O) groups is 1. The van der Waals surface area contributed by atoms with Crippen molar-refractivity contribution in [2.24, 2.45) is 0 Å². The number of carboxylic acid groups (broad SMARTS) is 1. The number of rotatable bonds is 10. The van der Waals surface area contributed by atoms with Crippen molar-refractivity contribution in [3.63, 3.8) is 0 Å². The topological polar surface area (TPSA) is 37.3 Å². The van der Waals surface area contributed by atoms with Crippen LogP contribution in [0.3, 0.4) is 0 Å². The summed E-state index contributed by atoms with van der Waals surface area (Å²) in [6.07, 6.45) is 8.02. The molecule has 0 amide bonds. The summed E-state index contributed by atoms with van der Waals surface area (Å²) in [7, 11) is 0. The first-order valence-electron chi connectivity index (χ1n) is 7.08. The molecule has 0 bridgehead atoms. The number of halogens is 1. The largest absolute Gasteiger partial charge is 0.481 e. The van der Waals surface area contributed by atoms with Crippen LogP contribution in [0, 0.1) is 0 Å². The predicted octanol–water partition coefficient (Wildman–Crippen LogP) is 4.59. The van der Waals surface area contributed by atoms with E-state index in [-0.39, 0.29) is 6.42 Å². The van der Waals surface area contributed by atoms with Crippen LogP contribution in [0.1, 0.15) is 49.7 Å². The molecule has 0 aromatic heterocycles. The van der Waals surface area contributed by atoms with E-state index >= 15 is 0 Å². The SMILES string of the molecule is O=C(O)CCCc1ccccc1CCCCCCBr. The van der Waals surface area contributed by atoms with Gasteiger partial charge in [-0.1, -0.05) is 53.0 Å². The lowest BCUT2D eigenvalue weighted by Crippen LogP contribution is -1.99. The van der Waals surface area contributed by atoms with Gasteiger partial charge in [0.2, 0.25) is 0 Å². The Labute approximate surface area is 124 Å². The fourth-order valence-electron chi connectivity index (χ4n) is 2.24. The monoisotopic (exact) mass is 326 g/mol. The van der Waals surface area contributed by atoms with E-state index in [0.29, 0.717) is 0 Å². The van der Waals surface area contributed by atoms with Gasteiger partial charge in [-0.3, -0.25) is 4.79 Å². The fraction of sp³-hybridized carbons (Fsp3) is 0.562. The zero-order valence-electron chi connectivity index (χ0n) is 11.4. The predicted molar refractivity (Wildman–Crippen MR) is 83.0 cm³/mol. The van der Waals surface area contributed by atoms with Gasteiger partial charge < -0.3 is 5.11 Å². The van der Waals surface area contributed by atoms with E-state index in [1.807, 2.05) is 6.07 Å². The zero-order valence-corrected chi connectivity index (χ0v) is 13.0. The molecular formula is C16H23BrO2. The maximum absolute atomic E-state index is 10.5. The van der Waals surface area contributed by atoms with Gasteiger partial charge >= 0.3 is 5.97 Å². The molecule has 1 aromatic rings. The van der Waals surface area contributed by atoms with E-state index in [4.69, 9.17) is 5.11 Å². The summed E-state index contributed by atoms with van der Waals surface area (Å²) in [6.45, 7) is 0. The molecule has 0 saturated heterocycles. The summed E-state index contributed by atoms with van der Waals surface area (Å²) < 4.78 is 0. The van der Waals surface area contributed by atoms with Crippen LogP contribution < -0.4 is 0 Å². The van der Waals surface area contributed by atoms with E-state index in [1.165, 1.54) is 36.8 Å². The lowest BCUT2D eigenvalue weighted by molar-refractivity contribution is -0.137. The maximum Gasteiger partial charge on any atom is 0.303 e. The van der Waals surface area contributed by atoms with Crippen molar-refractivity contribution >= 4 is 21.9 Å². The molecule has 0 spiro atoms. The fourth-order valence-corrected chi connectivity index (χ4v) is 2.64. The van der Waals surface area contributed by atoms with Crippen molar-refractivity contribution in [2.45, 2.75) is 51.4 Å². The number of alkyl halides is 1. The van der Waals surface area contributed by atoms with Crippen molar-refractivity contribution in [3.8, 4) is 0 Å². The van der Waals surface area contributed by atoms with Crippen LogP contribution in [0.25, 0.3) is 0 Å². The summed E-state index contributed by atoms with van der Waals surface area (Å²) in [5, 5.41) is 9.78. The minimum Gasteiger partial charge on any atom is -0.481 e. The van der Waals surface area contributed by atoms with Gasteiger partial charge in [0.15, 0.2) is 0 Å². The molecule has 0 heterocycles. The minimum absolute atomic E-state index is 0.263. The lowest BCUT2D eigenvalue weighted by Gasteiger charge is -2.09. The number of aryl methyl sites for hydroxylation is 2. The molecule has 0 radical (unpaired) electrons. The van der Waals surface area contributed by atoms with Crippen LogP contribution in [-0.2, 0) is 17.6 Å². The highest BCUT2D eigenvalue weighted by Gasteiger charge is 2.03. The maximum atomic E-state index is 10.5. The normalized spacial score (nSPS) is 10.6. The first kappa shape index (κ1) is 16.2. The van der Waals surface area contributed by atoms with E-state index in [0.717, 1.165) is 24.6 Å². The second-order valence-corrected chi connectivity index (χ2v) is 5.66. The van der Waals surface area contributed by atoms with Crippen molar-refractivity contribution in [1.82, 2.24) is 0 Å². The second-order valence-electron chi connectivity index (χ2n) is 4.87. The average molecular weight is 327 g/mol. The standard InChI is InChI=1S/C16H23BrO2/c17-13-6-2-1-3-8-14-9-4-5-10-15(14)11-7-12-16(18)19/h4-5,9-10H,1-3,6-8,11-13H2,(H,18,19). The Hall–Kier alpha value is -0.830. The molecule has 2 nitrogen and oxygen atoms in total. The Balaban J connectivity index is 2.37. The van der Waals surface area contributed by atoms with Crippen molar-refractivity contribution < 1.29 is 9.90 Å². The highest BCUT2D eigenvalue weighted by molar-refractivity contribution is 9.09. The smallest absolute Gasteiger partial charge is 0.303 e. The Morgan fingerprint density at radius 1 is 0.947 bits per heavy atom. The molecule has 0 fully saturated rings. The van der Waals surface area contributed by atoms with Crippen LogP contribution in [-0.4, -0.2) is 16.4 Å². The average Bonchev–Trinajstić information content (AvgIpc) is 2.40. The van der Waals surface area contributed by atoms with Gasteiger partial charge in [0.1, 0.15) is 0 Å². The molecule has 0 aliphatic carbocycles. The van der Waals surface area contributed by atoms with E-state index in [9.17, 15) is 4.79 Å². The van der Waals surface area contributed by atoms with Gasteiger partial charge in [-0.05, 0) is 43.2 Å². The first-order chi connectivity index (χ1) is 9.24. The summed E-state index contributed by atoms with van der Waals surface area (Å²) in [6, 6.07) is 8.44. The summed E-state index contributed by atoms with van der Waals surface area (Å²) in [4.78, 5) is 10.5. The Kier molecular flexibility index (Phi) is 8.55. The molecule has 1 aromatic carbocycles. The van der Waals surface area contributed by atoms with Gasteiger partial charge in [-0.25, -0.2) is 0 Å². The van der Waals surface area contributed by atoms with Crippen LogP contribution in [0.15, 0.2) is 24.3 Å². The third-order valence-electron chi connectivity index (χ3n) is 3.28. The Morgan fingerprint density at radius 2 is 1.53 bits per heavy atom. The molecule has 0 unspecified atom stereocenters. The highest BCUT2D eigenvalue weighted by atomic mass is 79.9. The van der Waals surface area contributed by atoms with Crippen LogP contribution >= 0.6 is 15.9 Å². The van der Waals surface area contributed by atoms with Crippen molar-refractivity contribution in [3.05, 3.63) is 35.4 Å². The molecular weight excluding hydrogens is 304 g/mol. The second kappa shape index (κ2) is 10.0. The van der Waals surface area contributed by atoms with E-state index < -0.39 is 5.97 Å². The third kappa shape index (κ3) is 7.36. The molecule has 0 atom stereocenters. The van der Waals surface area contributed by atoms with Gasteiger partial charge in [-0.15, -0.1) is 0 Å². The molecule has 106 valence electrons. The molecule has 19 heavy (non-hydrogen) atoms. The summed E-state index contributed by atoms with van der Waals surface area (Å²) in [5.74, 6) is -0.702. The number of carboxylic acids is 1. The number of hydrogen-bond acceptors (Lipinski definition) is 1. The molecule has 1 rings (SSSR count). The van der Waals surface area contributed by atoms with Gasteiger partial charge in [0.25, 0.3) is 0 Å². The van der Waals surface area contributed by atoms with Crippen LogP contribution in [0.2, 0.25) is 0 Å². The Bertz CT molecular complexity index is 377. The number of hydrogen-bond donors (Lipinski definition) is 1. The molecule has 0 aliphatic rings. The minimum atomic E-state index is -0.702. The quantitative estimate of drug-likeness (QED) is 0.504. The lowest BCUT2D eigenvalue weighted by atomic mass is 9.97. The van der Waals surface area contributed by atoms with Gasteiger partial charge in [-0.2, -0.15) is 0 Å². The van der Waals surface area contributed by atoms with E-state index in [1.54, 1.807) is 0 Å².